The molecule has 3 aromatic carbocycles. The first-order valence-electron chi connectivity index (χ1n) is 6.90. The molecule has 4 rings (SSSR count). The highest BCUT2D eigenvalue weighted by atomic mass is 35.5. The first kappa shape index (κ1) is 13.6. The molecule has 0 amide bonds. The van der Waals surface area contributed by atoms with E-state index in [1.165, 1.54) is 0 Å². The van der Waals surface area contributed by atoms with Crippen molar-refractivity contribution in [1.29, 1.82) is 0 Å². The first-order valence-corrected chi connectivity index (χ1v) is 7.65. The van der Waals surface area contributed by atoms with Crippen molar-refractivity contribution >= 4 is 45.8 Å². The second-order valence-corrected chi connectivity index (χ2v) is 5.96. The van der Waals surface area contributed by atoms with Crippen LogP contribution in [0.15, 0.2) is 54.6 Å². The van der Waals surface area contributed by atoms with Crippen molar-refractivity contribution in [3.05, 3.63) is 75.8 Å². The quantitative estimate of drug-likeness (QED) is 0.534. The summed E-state index contributed by atoms with van der Waals surface area (Å²) in [6, 6.07) is 15.4. The van der Waals surface area contributed by atoms with E-state index in [0.29, 0.717) is 15.6 Å². The van der Waals surface area contributed by atoms with Crippen molar-refractivity contribution in [2.75, 3.05) is 0 Å². The number of ketones is 1. The molecule has 0 saturated carbocycles. The van der Waals surface area contributed by atoms with Gasteiger partial charge in [0.25, 0.3) is 0 Å². The highest BCUT2D eigenvalue weighted by Gasteiger charge is 2.23. The number of carbonyl (C=O) groups is 1. The smallest absolute Gasteiger partial charge is 0.186 e. The average molecular weight is 325 g/mol. The van der Waals surface area contributed by atoms with E-state index in [-0.39, 0.29) is 5.78 Å². The number of carbonyl (C=O) groups excluding carboxylic acids is 1. The molecule has 0 unspecified atom stereocenters. The molecule has 22 heavy (non-hydrogen) atoms. The van der Waals surface area contributed by atoms with Gasteiger partial charge in [0.1, 0.15) is 0 Å². The van der Waals surface area contributed by atoms with Gasteiger partial charge in [-0.2, -0.15) is 0 Å². The van der Waals surface area contributed by atoms with Gasteiger partial charge in [0.15, 0.2) is 5.78 Å². The van der Waals surface area contributed by atoms with E-state index in [1.807, 2.05) is 48.5 Å². The minimum absolute atomic E-state index is 0.0160. The number of halogens is 2. The summed E-state index contributed by atoms with van der Waals surface area (Å²) < 4.78 is 0. The Labute approximate surface area is 137 Å². The van der Waals surface area contributed by atoms with Crippen LogP contribution in [0.5, 0.6) is 0 Å². The molecular formula is C19H10Cl2O. The van der Waals surface area contributed by atoms with Crippen molar-refractivity contribution in [3.8, 4) is 11.1 Å². The van der Waals surface area contributed by atoms with Crippen molar-refractivity contribution in [3.63, 3.8) is 0 Å². The summed E-state index contributed by atoms with van der Waals surface area (Å²) in [5.74, 6) is -0.0160. The topological polar surface area (TPSA) is 17.1 Å². The Morgan fingerprint density at radius 1 is 0.773 bits per heavy atom. The summed E-state index contributed by atoms with van der Waals surface area (Å²) in [4.78, 5) is 12.1. The third-order valence-electron chi connectivity index (χ3n) is 3.98. The van der Waals surface area contributed by atoms with Crippen LogP contribution in [0.25, 0.3) is 28.0 Å². The molecule has 0 bridgehead atoms. The van der Waals surface area contributed by atoms with E-state index >= 15 is 0 Å². The zero-order valence-corrected chi connectivity index (χ0v) is 12.9. The molecule has 0 spiro atoms. The molecule has 0 radical (unpaired) electrons. The summed E-state index contributed by atoms with van der Waals surface area (Å²) in [6.45, 7) is 0. The normalized spacial score (nSPS) is 12.9. The molecule has 0 atom stereocenters. The summed E-state index contributed by atoms with van der Waals surface area (Å²) in [5.41, 5.74) is 3.28. The van der Waals surface area contributed by atoms with Gasteiger partial charge in [-0.25, -0.2) is 0 Å². The maximum atomic E-state index is 12.1. The summed E-state index contributed by atoms with van der Waals surface area (Å²) in [5, 5.41) is 2.86. The van der Waals surface area contributed by atoms with Crippen molar-refractivity contribution in [2.24, 2.45) is 0 Å². The third kappa shape index (κ3) is 1.83. The Morgan fingerprint density at radius 2 is 1.55 bits per heavy atom. The van der Waals surface area contributed by atoms with Gasteiger partial charge in [-0.15, -0.1) is 0 Å². The van der Waals surface area contributed by atoms with Crippen LogP contribution in [0.3, 0.4) is 0 Å². The summed E-state index contributed by atoms with van der Waals surface area (Å²) in [6.07, 6.45) is 3.34. The largest absolute Gasteiger partial charge is 0.289 e. The van der Waals surface area contributed by atoms with Crippen molar-refractivity contribution in [2.45, 2.75) is 0 Å². The molecule has 0 aromatic heterocycles. The standard InChI is InChI=1S/C19H10Cl2O/c20-18-13-8-4-7-12-15(22)10-9-14(17(12)13)19(21)16(18)11-5-2-1-3-6-11/h1-10H. The highest BCUT2D eigenvalue weighted by molar-refractivity contribution is 6.45. The van der Waals surface area contributed by atoms with Crippen LogP contribution in [-0.2, 0) is 0 Å². The average Bonchev–Trinajstić information content (AvgIpc) is 2.55. The molecule has 3 heteroatoms. The van der Waals surface area contributed by atoms with Crippen LogP contribution in [0.2, 0.25) is 10.0 Å². The Kier molecular flexibility index (Phi) is 3.07. The lowest BCUT2D eigenvalue weighted by Gasteiger charge is -2.18. The number of benzene rings is 3. The first-order chi connectivity index (χ1) is 10.7. The molecule has 0 N–H and O–H groups in total. The molecule has 1 aliphatic carbocycles. The van der Waals surface area contributed by atoms with Crippen LogP contribution in [0, 0.1) is 0 Å². The molecule has 0 fully saturated rings. The number of hydrogen-bond donors (Lipinski definition) is 0. The second kappa shape index (κ2) is 4.98. The predicted octanol–water partition coefficient (Wildman–Crippen LogP) is 6.02. The van der Waals surface area contributed by atoms with Gasteiger partial charge in [-0.1, -0.05) is 71.7 Å². The Bertz CT molecular complexity index is 956. The molecule has 3 aromatic rings. The van der Waals surface area contributed by atoms with Crippen molar-refractivity contribution < 1.29 is 4.79 Å². The van der Waals surface area contributed by atoms with Gasteiger partial charge in [-0.3, -0.25) is 4.79 Å². The van der Waals surface area contributed by atoms with Crippen LogP contribution in [-0.4, -0.2) is 5.78 Å². The number of rotatable bonds is 1. The van der Waals surface area contributed by atoms with Gasteiger partial charge < -0.3 is 0 Å². The van der Waals surface area contributed by atoms with Crippen LogP contribution in [0.1, 0.15) is 15.9 Å². The molecule has 0 aliphatic heterocycles. The summed E-state index contributed by atoms with van der Waals surface area (Å²) >= 11 is 13.3. The van der Waals surface area contributed by atoms with Crippen LogP contribution in [0.4, 0.5) is 0 Å². The van der Waals surface area contributed by atoms with Gasteiger partial charge in [0.2, 0.25) is 0 Å². The lowest BCUT2D eigenvalue weighted by molar-refractivity contribution is 0.104. The molecule has 106 valence electrons. The van der Waals surface area contributed by atoms with E-state index in [4.69, 9.17) is 23.2 Å². The minimum Gasteiger partial charge on any atom is -0.289 e. The van der Waals surface area contributed by atoms with Gasteiger partial charge in [-0.05, 0) is 17.7 Å². The zero-order chi connectivity index (χ0) is 15.3. The van der Waals surface area contributed by atoms with E-state index in [2.05, 4.69) is 0 Å². The Hall–Kier alpha value is -2.09. The summed E-state index contributed by atoms with van der Waals surface area (Å²) in [7, 11) is 0. The van der Waals surface area contributed by atoms with E-state index in [1.54, 1.807) is 12.2 Å². The Balaban J connectivity index is 2.19. The zero-order valence-electron chi connectivity index (χ0n) is 11.4. The SMILES string of the molecule is O=C1C=Cc2c(Cl)c(-c3ccccc3)c(Cl)c3cccc1c23. The van der Waals surface area contributed by atoms with Gasteiger partial charge in [0.05, 0.1) is 10.0 Å². The lowest BCUT2D eigenvalue weighted by atomic mass is 9.89. The minimum atomic E-state index is -0.0160. The maximum absolute atomic E-state index is 12.1. The van der Waals surface area contributed by atoms with Crippen LogP contribution < -0.4 is 0 Å². The lowest BCUT2D eigenvalue weighted by Crippen LogP contribution is -2.03. The molecular weight excluding hydrogens is 315 g/mol. The third-order valence-corrected chi connectivity index (χ3v) is 4.76. The van der Waals surface area contributed by atoms with Gasteiger partial charge >= 0.3 is 0 Å². The fourth-order valence-electron chi connectivity index (χ4n) is 2.97. The number of allylic oxidation sites excluding steroid dienone is 1. The molecule has 0 saturated heterocycles. The predicted molar refractivity (Wildman–Crippen MR) is 92.8 cm³/mol. The molecule has 1 nitrogen and oxygen atoms in total. The fourth-order valence-corrected chi connectivity index (χ4v) is 3.74. The van der Waals surface area contributed by atoms with E-state index in [9.17, 15) is 4.79 Å². The van der Waals surface area contributed by atoms with E-state index < -0.39 is 0 Å². The van der Waals surface area contributed by atoms with Crippen LogP contribution >= 0.6 is 23.2 Å². The highest BCUT2D eigenvalue weighted by Crippen LogP contribution is 2.45. The maximum Gasteiger partial charge on any atom is 0.186 e. The number of hydrogen-bond acceptors (Lipinski definition) is 1. The molecule has 1 aliphatic rings. The fraction of sp³-hybridized carbons (Fsp3) is 0. The molecule has 0 heterocycles. The van der Waals surface area contributed by atoms with Crippen molar-refractivity contribution in [1.82, 2.24) is 0 Å². The van der Waals surface area contributed by atoms with E-state index in [0.717, 1.165) is 27.5 Å². The monoisotopic (exact) mass is 324 g/mol. The second-order valence-electron chi connectivity index (χ2n) is 5.21. The van der Waals surface area contributed by atoms with Gasteiger partial charge in [0, 0.05) is 27.5 Å². The Morgan fingerprint density at radius 3 is 2.32 bits per heavy atom.